The van der Waals surface area contributed by atoms with Gasteiger partial charge in [-0.05, 0) is 19.1 Å². The first-order valence-corrected chi connectivity index (χ1v) is 7.43. The molecule has 0 radical (unpaired) electrons. The van der Waals surface area contributed by atoms with E-state index in [1.54, 1.807) is 30.6 Å². The fraction of sp³-hybridized carbons (Fsp3) is 0.118. The van der Waals surface area contributed by atoms with Crippen LogP contribution in [0.5, 0.6) is 0 Å². The quantitative estimate of drug-likeness (QED) is 0.420. The molecular weight excluding hydrogens is 491 g/mol. The normalized spacial score (nSPS) is 12.1. The van der Waals surface area contributed by atoms with Crippen molar-refractivity contribution in [2.75, 3.05) is 5.73 Å². The van der Waals surface area contributed by atoms with E-state index in [2.05, 4.69) is 26.0 Å². The summed E-state index contributed by atoms with van der Waals surface area (Å²) in [6.45, 7) is 1.99. The zero-order chi connectivity index (χ0) is 16.7. The first-order chi connectivity index (χ1) is 11.6. The van der Waals surface area contributed by atoms with Gasteiger partial charge in [0, 0.05) is 32.5 Å². The van der Waals surface area contributed by atoms with E-state index >= 15 is 0 Å². The summed E-state index contributed by atoms with van der Waals surface area (Å²) in [5.41, 5.74) is 7.81. The maximum absolute atomic E-state index is 13.9. The zero-order valence-corrected chi connectivity index (χ0v) is 16.2. The number of nitrogens with one attached hydrogen (secondary N) is 1. The van der Waals surface area contributed by atoms with Crippen molar-refractivity contribution in [3.05, 3.63) is 60.6 Å². The van der Waals surface area contributed by atoms with Crippen LogP contribution in [0.2, 0.25) is 0 Å². The molecule has 0 aliphatic carbocycles. The van der Waals surface area contributed by atoms with Crippen LogP contribution in [0.4, 0.5) is 10.2 Å². The average molecular weight is 505 g/mol. The molecular formula is C17H14FN6W-. The number of H-pyrrole nitrogens is 1. The molecule has 1 aromatic carbocycles. The van der Waals surface area contributed by atoms with Gasteiger partial charge in [-0.2, -0.15) is 6.07 Å². The Morgan fingerprint density at radius 3 is 2.84 bits per heavy atom. The Bertz CT molecular complexity index is 1020. The molecule has 6 nitrogen and oxygen atoms in total. The zero-order valence-electron chi connectivity index (χ0n) is 13.3. The maximum atomic E-state index is 13.9. The molecule has 3 aromatic heterocycles. The van der Waals surface area contributed by atoms with E-state index in [0.717, 1.165) is 5.69 Å². The molecule has 0 bridgehead atoms. The minimum absolute atomic E-state index is 0. The molecule has 0 aliphatic rings. The standard InChI is InChI=1S/C17H14FN6.W/c1-10(24-7-6-12-15(19)21-9-22-17(12)24)14-8-20-16(23-14)11-4-2-3-5-13(11)18;/h2-5,7-10H,1H3,(H,20,23)(H2,19,21,22);/q-1;. The minimum Gasteiger partial charge on any atom is -0.434 e. The predicted octanol–water partition coefficient (Wildman–Crippen LogP) is 2.95. The van der Waals surface area contributed by atoms with E-state index in [9.17, 15) is 4.39 Å². The molecule has 0 saturated carbocycles. The number of imidazole rings is 1. The van der Waals surface area contributed by atoms with Gasteiger partial charge < -0.3 is 15.3 Å². The summed E-state index contributed by atoms with van der Waals surface area (Å²) in [6.07, 6.45) is 4.90. The molecule has 0 saturated heterocycles. The molecule has 25 heavy (non-hydrogen) atoms. The summed E-state index contributed by atoms with van der Waals surface area (Å²) in [7, 11) is 0. The number of hydrogen-bond donors (Lipinski definition) is 2. The minimum atomic E-state index is -0.314. The molecule has 0 aliphatic heterocycles. The molecule has 0 amide bonds. The molecule has 1 unspecified atom stereocenters. The van der Waals surface area contributed by atoms with E-state index < -0.39 is 0 Å². The predicted molar refractivity (Wildman–Crippen MR) is 88.6 cm³/mol. The Morgan fingerprint density at radius 1 is 1.24 bits per heavy atom. The van der Waals surface area contributed by atoms with Gasteiger partial charge in [0.2, 0.25) is 0 Å². The van der Waals surface area contributed by atoms with Crippen molar-refractivity contribution in [1.82, 2.24) is 24.5 Å². The third-order valence-electron chi connectivity index (χ3n) is 4.04. The van der Waals surface area contributed by atoms with Crippen LogP contribution in [0.25, 0.3) is 22.4 Å². The molecule has 0 spiro atoms. The number of anilines is 1. The van der Waals surface area contributed by atoms with Gasteiger partial charge in [-0.15, -0.1) is 5.39 Å². The summed E-state index contributed by atoms with van der Waals surface area (Å²) < 4.78 is 15.8. The van der Waals surface area contributed by atoms with Gasteiger partial charge in [-0.1, -0.05) is 18.3 Å². The second-order valence-electron chi connectivity index (χ2n) is 5.48. The number of nitrogens with two attached hydrogens (primary N) is 1. The number of nitrogen functional groups attached to an aromatic ring is 1. The second-order valence-corrected chi connectivity index (χ2v) is 5.48. The van der Waals surface area contributed by atoms with Crippen LogP contribution in [0, 0.1) is 11.9 Å². The van der Waals surface area contributed by atoms with E-state index in [-0.39, 0.29) is 32.9 Å². The maximum Gasteiger partial charge on any atom is 0.140 e. The van der Waals surface area contributed by atoms with E-state index in [1.807, 2.05) is 11.5 Å². The Morgan fingerprint density at radius 2 is 2.04 bits per heavy atom. The van der Waals surface area contributed by atoms with Gasteiger partial charge in [-0.25, -0.2) is 9.37 Å². The largest absolute Gasteiger partial charge is 0.434 e. The van der Waals surface area contributed by atoms with Gasteiger partial charge in [0.05, 0.1) is 29.8 Å². The molecule has 1 atom stereocenters. The van der Waals surface area contributed by atoms with Crippen LogP contribution in [0.1, 0.15) is 18.7 Å². The first kappa shape index (κ1) is 17.3. The van der Waals surface area contributed by atoms with Crippen molar-refractivity contribution < 1.29 is 25.5 Å². The molecule has 4 rings (SSSR count). The monoisotopic (exact) mass is 505 g/mol. The molecule has 3 heterocycles. The smallest absolute Gasteiger partial charge is 0.140 e. The Hall–Kier alpha value is -2.53. The topological polar surface area (TPSA) is 85.4 Å². The fourth-order valence-electron chi connectivity index (χ4n) is 2.70. The number of fused-ring (bicyclic) bond motifs is 1. The summed E-state index contributed by atoms with van der Waals surface area (Å²) >= 11 is 0. The van der Waals surface area contributed by atoms with Crippen LogP contribution in [0.3, 0.4) is 0 Å². The van der Waals surface area contributed by atoms with Crippen LogP contribution >= 0.6 is 0 Å². The fourth-order valence-corrected chi connectivity index (χ4v) is 2.70. The first-order valence-electron chi connectivity index (χ1n) is 7.43. The van der Waals surface area contributed by atoms with Gasteiger partial charge in [0.1, 0.15) is 11.6 Å². The van der Waals surface area contributed by atoms with Crippen molar-refractivity contribution in [3.63, 3.8) is 0 Å². The van der Waals surface area contributed by atoms with Crippen LogP contribution in [-0.4, -0.2) is 24.5 Å². The summed E-state index contributed by atoms with van der Waals surface area (Å²) in [5, 5.41) is 0.679. The van der Waals surface area contributed by atoms with Crippen molar-refractivity contribution in [1.29, 1.82) is 0 Å². The van der Waals surface area contributed by atoms with E-state index in [4.69, 9.17) is 5.73 Å². The van der Waals surface area contributed by atoms with Crippen molar-refractivity contribution >= 4 is 16.9 Å². The summed E-state index contributed by atoms with van der Waals surface area (Å²) in [6, 6.07) is 9.50. The van der Waals surface area contributed by atoms with Crippen LogP contribution in [0.15, 0.2) is 43.0 Å². The molecule has 0 fully saturated rings. The SMILES string of the molecule is CC(c1cnc(-c2ccccc2F)[nH]1)n1c[c-]c2c(N)ncnc21.[W]. The molecule has 3 N–H and O–H groups in total. The Balaban J connectivity index is 0.00000182. The van der Waals surface area contributed by atoms with Gasteiger partial charge in [0.25, 0.3) is 0 Å². The Kier molecular flexibility index (Phi) is 4.68. The van der Waals surface area contributed by atoms with Gasteiger partial charge in [-0.3, -0.25) is 9.97 Å². The molecule has 126 valence electrons. The third kappa shape index (κ3) is 2.96. The van der Waals surface area contributed by atoms with Gasteiger partial charge in [0.15, 0.2) is 0 Å². The molecule has 8 heteroatoms. The van der Waals surface area contributed by atoms with Crippen molar-refractivity contribution in [2.45, 2.75) is 13.0 Å². The number of nitrogens with zero attached hydrogens (tertiary/aromatic N) is 4. The van der Waals surface area contributed by atoms with Gasteiger partial charge >= 0.3 is 0 Å². The number of benzene rings is 1. The molecule has 4 aromatic rings. The number of halogens is 1. The van der Waals surface area contributed by atoms with Crippen LogP contribution < -0.4 is 5.73 Å². The second kappa shape index (κ2) is 6.76. The van der Waals surface area contributed by atoms with Crippen LogP contribution in [-0.2, 0) is 21.1 Å². The number of aromatic amines is 1. The number of aromatic nitrogens is 5. The number of hydrogen-bond acceptors (Lipinski definition) is 4. The third-order valence-corrected chi connectivity index (χ3v) is 4.04. The summed E-state index contributed by atoms with van der Waals surface area (Å²) in [5.74, 6) is 0.568. The average Bonchev–Trinajstić information content (AvgIpc) is 3.22. The number of rotatable bonds is 3. The van der Waals surface area contributed by atoms with E-state index in [0.29, 0.717) is 28.2 Å². The van der Waals surface area contributed by atoms with E-state index in [1.165, 1.54) is 12.4 Å². The van der Waals surface area contributed by atoms with Crippen molar-refractivity contribution in [3.8, 4) is 11.4 Å². The Labute approximate surface area is 157 Å². The van der Waals surface area contributed by atoms with Crippen molar-refractivity contribution in [2.24, 2.45) is 0 Å². The summed E-state index contributed by atoms with van der Waals surface area (Å²) in [4.78, 5) is 15.7.